The van der Waals surface area contributed by atoms with Crippen LogP contribution in [-0.2, 0) is 19.4 Å². The van der Waals surface area contributed by atoms with Crippen molar-refractivity contribution in [1.82, 2.24) is 24.8 Å². The quantitative estimate of drug-likeness (QED) is 0.346. The Balaban J connectivity index is 1.33. The van der Waals surface area contributed by atoms with E-state index in [1.807, 2.05) is 17.9 Å². The maximum atomic E-state index is 14.6. The minimum absolute atomic E-state index is 0.00256. The first kappa shape index (κ1) is 31.1. The molecule has 0 saturated carbocycles. The number of nitrogens with zero attached hydrogens (tertiary/aromatic N) is 7. The molecule has 240 valence electrons. The maximum absolute atomic E-state index is 14.6. The van der Waals surface area contributed by atoms with Gasteiger partial charge in [-0.05, 0) is 38.3 Å². The molecule has 0 unspecified atom stereocenters. The zero-order valence-electron chi connectivity index (χ0n) is 25.8. The van der Waals surface area contributed by atoms with Crippen molar-refractivity contribution in [2.75, 3.05) is 60.4 Å². The average molecular weight is 639 g/mol. The second-order valence-electron chi connectivity index (χ2n) is 12.2. The number of amides is 1. The van der Waals surface area contributed by atoms with Crippen molar-refractivity contribution in [3.63, 3.8) is 0 Å². The number of fused-ring (bicyclic) bond motifs is 1. The van der Waals surface area contributed by atoms with Gasteiger partial charge in [0.25, 0.3) is 0 Å². The minimum atomic E-state index is -3.11. The van der Waals surface area contributed by atoms with Gasteiger partial charge < -0.3 is 24.8 Å². The van der Waals surface area contributed by atoms with Crippen molar-refractivity contribution in [3.05, 3.63) is 48.9 Å². The molecule has 3 saturated heterocycles. The first-order valence-electron chi connectivity index (χ1n) is 15.2. The van der Waals surface area contributed by atoms with Crippen LogP contribution in [0.15, 0.2) is 43.4 Å². The Morgan fingerprint density at radius 1 is 1.20 bits per heavy atom. The Hall–Kier alpha value is -3.91. The monoisotopic (exact) mass is 638 g/mol. The third-order valence-electron chi connectivity index (χ3n) is 9.20. The highest BCUT2D eigenvalue weighted by molar-refractivity contribution is 7.90. The molecule has 12 nitrogen and oxygen atoms in total. The first-order chi connectivity index (χ1) is 21.6. The smallest absolute Gasteiger partial charge is 0.246 e. The lowest BCUT2D eigenvalue weighted by Crippen LogP contribution is -2.57. The SMILES string of the molecule is C=CC(=O)N1CCC[C@H]1c1cnc(N2C[C@H](CS(C)(=O)=O)[C@H]2C)c2cnc(Nc3ccnc(N4CC[C@@H](OC)[C@@H](F)C4)c3)nc12. The third kappa shape index (κ3) is 6.30. The second kappa shape index (κ2) is 12.5. The van der Waals surface area contributed by atoms with Crippen LogP contribution in [0.25, 0.3) is 10.9 Å². The highest BCUT2D eigenvalue weighted by atomic mass is 32.2. The van der Waals surface area contributed by atoms with Gasteiger partial charge in [-0.25, -0.2) is 32.7 Å². The van der Waals surface area contributed by atoms with Gasteiger partial charge in [0.05, 0.1) is 35.3 Å². The van der Waals surface area contributed by atoms with Crippen LogP contribution in [0.4, 0.5) is 27.7 Å². The van der Waals surface area contributed by atoms with Gasteiger partial charge in [0.1, 0.15) is 27.6 Å². The number of carbonyl (C=O) groups is 1. The van der Waals surface area contributed by atoms with Gasteiger partial charge in [0.2, 0.25) is 11.9 Å². The number of aromatic nitrogens is 4. The number of piperidine rings is 1. The third-order valence-corrected chi connectivity index (χ3v) is 10.2. The predicted octanol–water partition coefficient (Wildman–Crippen LogP) is 3.45. The molecule has 0 radical (unpaired) electrons. The Morgan fingerprint density at radius 2 is 2.02 bits per heavy atom. The molecular weight excluding hydrogens is 599 g/mol. The lowest BCUT2D eigenvalue weighted by atomic mass is 9.91. The number of rotatable bonds is 9. The summed E-state index contributed by atoms with van der Waals surface area (Å²) in [6.07, 6.45) is 8.44. The Morgan fingerprint density at radius 3 is 2.73 bits per heavy atom. The molecule has 0 bridgehead atoms. The van der Waals surface area contributed by atoms with Gasteiger partial charge >= 0.3 is 0 Å². The summed E-state index contributed by atoms with van der Waals surface area (Å²) < 4.78 is 43.7. The number of nitrogens with one attached hydrogen (secondary N) is 1. The molecule has 6 heterocycles. The fourth-order valence-corrected chi connectivity index (χ4v) is 7.90. The van der Waals surface area contributed by atoms with Gasteiger partial charge in [0, 0.05) is 80.9 Å². The van der Waals surface area contributed by atoms with Crippen LogP contribution in [0.5, 0.6) is 0 Å². The fraction of sp³-hybridized carbons (Fsp3) is 0.516. The standard InChI is InChI=1S/C31H39FN8O4S/c1-5-28(41)39-11-6-7-25(39)22-14-34-30(40-16-20(19(40)2)18-45(4,42)43)23-15-35-31(37-29(22)23)36-21-8-10-33-27(13-21)38-12-9-26(44-3)24(32)17-38/h5,8,10,13-15,19-20,24-26H,1,6-7,9,11-12,16-18H2,2-4H3,(H,33,35,36,37)/t19-,20-,24+,25+,26-/m1/s1. The van der Waals surface area contributed by atoms with Gasteiger partial charge in [-0.15, -0.1) is 0 Å². The summed E-state index contributed by atoms with van der Waals surface area (Å²) in [5.74, 6) is 1.66. The van der Waals surface area contributed by atoms with Crippen LogP contribution in [-0.4, -0.2) is 103 Å². The fourth-order valence-electron chi connectivity index (χ4n) is 6.73. The number of sulfone groups is 1. The number of hydrogen-bond donors (Lipinski definition) is 1. The molecule has 1 N–H and O–H groups in total. The molecule has 3 aliphatic heterocycles. The number of methoxy groups -OCH3 is 1. The van der Waals surface area contributed by atoms with E-state index in [9.17, 15) is 17.6 Å². The Kier molecular flexibility index (Phi) is 8.61. The van der Waals surface area contributed by atoms with E-state index < -0.39 is 22.1 Å². The van der Waals surface area contributed by atoms with Gasteiger partial charge in [-0.2, -0.15) is 0 Å². The summed E-state index contributed by atoms with van der Waals surface area (Å²) in [4.78, 5) is 37.4. The van der Waals surface area contributed by atoms with Crippen LogP contribution in [0.3, 0.4) is 0 Å². The number of anilines is 4. The number of alkyl halides is 1. The van der Waals surface area contributed by atoms with Crippen molar-refractivity contribution in [1.29, 1.82) is 0 Å². The van der Waals surface area contributed by atoms with Crippen LogP contribution >= 0.6 is 0 Å². The van der Waals surface area contributed by atoms with E-state index in [1.165, 1.54) is 19.4 Å². The molecular formula is C31H39FN8O4S. The van der Waals surface area contributed by atoms with E-state index in [0.29, 0.717) is 54.8 Å². The van der Waals surface area contributed by atoms with Crippen LogP contribution in [0, 0.1) is 5.92 Å². The number of carbonyl (C=O) groups excluding carboxylic acids is 1. The lowest BCUT2D eigenvalue weighted by molar-refractivity contribution is -0.126. The van der Waals surface area contributed by atoms with E-state index in [2.05, 4.69) is 26.8 Å². The van der Waals surface area contributed by atoms with E-state index in [4.69, 9.17) is 14.7 Å². The minimum Gasteiger partial charge on any atom is -0.378 e. The number of pyridine rings is 2. The molecule has 0 aliphatic carbocycles. The molecule has 6 rings (SSSR count). The second-order valence-corrected chi connectivity index (χ2v) is 14.4. The molecule has 0 aromatic carbocycles. The predicted molar refractivity (Wildman–Crippen MR) is 171 cm³/mol. The van der Waals surface area contributed by atoms with Gasteiger partial charge in [-0.3, -0.25) is 4.79 Å². The molecule has 3 aliphatic rings. The Bertz CT molecular complexity index is 1710. The molecule has 3 fully saturated rings. The van der Waals surface area contributed by atoms with E-state index >= 15 is 0 Å². The Labute approximate surface area is 262 Å². The largest absolute Gasteiger partial charge is 0.378 e. The highest BCUT2D eigenvalue weighted by Crippen LogP contribution is 2.40. The summed E-state index contributed by atoms with van der Waals surface area (Å²) in [6.45, 7) is 7.68. The molecule has 45 heavy (non-hydrogen) atoms. The lowest BCUT2D eigenvalue weighted by Gasteiger charge is -2.47. The van der Waals surface area contributed by atoms with E-state index in [-0.39, 0.29) is 36.2 Å². The first-order valence-corrected chi connectivity index (χ1v) is 17.3. The molecule has 3 aromatic rings. The number of likely N-dealkylation sites (tertiary alicyclic amines) is 1. The number of halogens is 1. The van der Waals surface area contributed by atoms with Crippen molar-refractivity contribution in [2.45, 2.75) is 50.5 Å². The van der Waals surface area contributed by atoms with Crippen LogP contribution in [0.2, 0.25) is 0 Å². The molecule has 0 spiro atoms. The molecule has 14 heteroatoms. The molecule has 3 aromatic heterocycles. The summed E-state index contributed by atoms with van der Waals surface area (Å²) in [7, 11) is -1.58. The van der Waals surface area contributed by atoms with Crippen molar-refractivity contribution < 1.29 is 22.3 Å². The van der Waals surface area contributed by atoms with Crippen LogP contribution in [0.1, 0.15) is 37.8 Å². The van der Waals surface area contributed by atoms with E-state index in [0.717, 1.165) is 23.8 Å². The molecule has 5 atom stereocenters. The summed E-state index contributed by atoms with van der Waals surface area (Å²) in [5, 5.41) is 4.01. The van der Waals surface area contributed by atoms with Crippen molar-refractivity contribution >= 4 is 49.9 Å². The van der Waals surface area contributed by atoms with Crippen molar-refractivity contribution in [2.24, 2.45) is 5.92 Å². The maximum Gasteiger partial charge on any atom is 0.246 e. The molecule has 1 amide bonds. The van der Waals surface area contributed by atoms with Crippen LogP contribution < -0.4 is 15.1 Å². The normalized spacial score (nSPS) is 25.3. The summed E-state index contributed by atoms with van der Waals surface area (Å²) in [5.41, 5.74) is 2.18. The van der Waals surface area contributed by atoms with Gasteiger partial charge in [0.15, 0.2) is 0 Å². The number of ether oxygens (including phenoxy) is 1. The summed E-state index contributed by atoms with van der Waals surface area (Å²) in [6, 6.07) is 3.40. The zero-order valence-corrected chi connectivity index (χ0v) is 26.6. The topological polar surface area (TPSA) is 134 Å². The highest BCUT2D eigenvalue weighted by Gasteiger charge is 2.40. The zero-order chi connectivity index (χ0) is 31.9. The van der Waals surface area contributed by atoms with Gasteiger partial charge in [-0.1, -0.05) is 6.58 Å². The van der Waals surface area contributed by atoms with E-state index in [1.54, 1.807) is 29.6 Å². The van der Waals surface area contributed by atoms with Crippen molar-refractivity contribution in [3.8, 4) is 0 Å². The average Bonchev–Trinajstić information content (AvgIpc) is 3.51. The number of hydrogen-bond acceptors (Lipinski definition) is 11. The summed E-state index contributed by atoms with van der Waals surface area (Å²) >= 11 is 0.